The van der Waals surface area contributed by atoms with Crippen molar-refractivity contribution >= 4 is 21.7 Å². The maximum absolute atomic E-state index is 4.92. The lowest BCUT2D eigenvalue weighted by atomic mass is 12.0. The first-order valence-electron chi connectivity index (χ1n) is 0.563. The van der Waals surface area contributed by atoms with Crippen molar-refractivity contribution in [3.8, 4) is 0 Å². The molecule has 0 aliphatic rings. The lowest BCUT2D eigenvalue weighted by Crippen LogP contribution is -1.07. The van der Waals surface area contributed by atoms with Crippen LogP contribution < -0.4 is 0 Å². The Labute approximate surface area is 39.6 Å². The van der Waals surface area contributed by atoms with Gasteiger partial charge in [-0.05, 0) is 16.9 Å². The van der Waals surface area contributed by atoms with Crippen molar-refractivity contribution in [1.82, 2.24) is 0 Å². The molecule has 0 aromatic rings. The molecule has 0 atom stereocenters. The topological polar surface area (TPSA) is 63.0 Å². The van der Waals surface area contributed by atoms with Gasteiger partial charge < -0.3 is 11.0 Å². The molecule has 2 nitrogen and oxygen atoms in total. The monoisotopic (exact) mass is 118 g/mol. The van der Waals surface area contributed by atoms with E-state index >= 15 is 0 Å². The molecule has 0 bridgehead atoms. The van der Waals surface area contributed by atoms with Gasteiger partial charge >= 0.3 is 0 Å². The Hall–Kier alpha value is 0.560. The van der Waals surface area contributed by atoms with Gasteiger partial charge in [0.15, 0.2) is 0 Å². The molecule has 0 rings (SSSR count). The van der Waals surface area contributed by atoms with Crippen molar-refractivity contribution in [3.05, 3.63) is 0 Å². The molecule has 0 saturated carbocycles. The normalized spacial score (nSPS) is 3.60. The van der Waals surface area contributed by atoms with Crippen molar-refractivity contribution in [1.29, 1.82) is 0 Å². The first-order chi connectivity index (χ1) is 1.41. The highest BCUT2D eigenvalue weighted by Gasteiger charge is 1.37. The molecule has 0 spiro atoms. The van der Waals surface area contributed by atoms with Crippen molar-refractivity contribution in [2.24, 2.45) is 0 Å². The Balaban J connectivity index is -0.0000000200. The van der Waals surface area contributed by atoms with Crippen LogP contribution in [0.4, 0.5) is 0 Å². The van der Waals surface area contributed by atoms with Gasteiger partial charge in [0.05, 0.1) is 0 Å². The Morgan fingerprint density at radius 3 is 1.40 bits per heavy atom. The predicted octanol–water partition coefficient (Wildman–Crippen LogP) is -0.146. The van der Waals surface area contributed by atoms with Crippen LogP contribution in [0.5, 0.6) is 0 Å². The third-order valence-corrected chi connectivity index (χ3v) is 0. The SMILES string of the molecule is CSCl.O.O. The van der Waals surface area contributed by atoms with Gasteiger partial charge in [-0.1, -0.05) is 11.0 Å². The van der Waals surface area contributed by atoms with E-state index in [-0.39, 0.29) is 11.0 Å². The second-order valence-corrected chi connectivity index (χ2v) is 1.39. The van der Waals surface area contributed by atoms with Crippen molar-refractivity contribution in [2.45, 2.75) is 0 Å². The number of hydrogen-bond acceptors (Lipinski definition) is 1. The fourth-order valence-corrected chi connectivity index (χ4v) is 0. The zero-order chi connectivity index (χ0) is 2.71. The number of hydrogen-bond donors (Lipinski definition) is 0. The Morgan fingerprint density at radius 1 is 1.40 bits per heavy atom. The van der Waals surface area contributed by atoms with Crippen LogP contribution in [0.2, 0.25) is 0 Å². The van der Waals surface area contributed by atoms with E-state index in [2.05, 4.69) is 0 Å². The standard InChI is InChI=1S/CH3ClS.2H2O/c1-3-2;;/h1H3;2*1H2. The van der Waals surface area contributed by atoms with Gasteiger partial charge in [0.25, 0.3) is 0 Å². The van der Waals surface area contributed by atoms with E-state index in [1.54, 1.807) is 0 Å². The van der Waals surface area contributed by atoms with Crippen LogP contribution in [0.15, 0.2) is 0 Å². The van der Waals surface area contributed by atoms with Crippen molar-refractivity contribution in [2.75, 3.05) is 6.26 Å². The van der Waals surface area contributed by atoms with Gasteiger partial charge in [0.1, 0.15) is 0 Å². The summed E-state index contributed by atoms with van der Waals surface area (Å²) in [7, 11) is 6.14. The smallest absolute Gasteiger partial charge is 0.00307 e. The van der Waals surface area contributed by atoms with Crippen LogP contribution in [0, 0.1) is 0 Å². The first kappa shape index (κ1) is 17.6. The zero-order valence-corrected chi connectivity index (χ0v) is 4.36. The summed E-state index contributed by atoms with van der Waals surface area (Å²) in [5, 5.41) is 0. The molecule has 0 amide bonds. The van der Waals surface area contributed by atoms with Gasteiger partial charge in [0.2, 0.25) is 0 Å². The first-order valence-corrected chi connectivity index (χ1v) is 2.61. The average Bonchev–Trinajstić information content (AvgIpc) is 0.918. The quantitative estimate of drug-likeness (QED) is 0.437. The van der Waals surface area contributed by atoms with Gasteiger partial charge in [-0.3, -0.25) is 0 Å². The summed E-state index contributed by atoms with van der Waals surface area (Å²) in [6.07, 6.45) is 1.81. The summed E-state index contributed by atoms with van der Waals surface area (Å²) in [5.41, 5.74) is 0. The van der Waals surface area contributed by atoms with E-state index in [0.717, 1.165) is 0 Å². The second-order valence-electron chi connectivity index (χ2n) is 0.154. The van der Waals surface area contributed by atoms with E-state index in [0.29, 0.717) is 0 Å². The van der Waals surface area contributed by atoms with Crippen LogP contribution in [-0.4, -0.2) is 17.2 Å². The summed E-state index contributed by atoms with van der Waals surface area (Å²) in [6, 6.07) is 0. The molecular formula is CH7ClO2S. The molecule has 0 radical (unpaired) electrons. The fourth-order valence-electron chi connectivity index (χ4n) is 0. The molecule has 0 unspecified atom stereocenters. The molecule has 0 aliphatic heterocycles. The minimum atomic E-state index is 0. The lowest BCUT2D eigenvalue weighted by Gasteiger charge is -1.46. The van der Waals surface area contributed by atoms with E-state index in [4.69, 9.17) is 10.7 Å². The van der Waals surface area contributed by atoms with Crippen LogP contribution in [0.3, 0.4) is 0 Å². The predicted molar refractivity (Wildman–Crippen MR) is 26.6 cm³/mol. The van der Waals surface area contributed by atoms with E-state index in [1.165, 1.54) is 11.0 Å². The number of rotatable bonds is 0. The summed E-state index contributed by atoms with van der Waals surface area (Å²) in [6.45, 7) is 0. The average molecular weight is 119 g/mol. The molecular weight excluding hydrogens is 112 g/mol. The molecule has 0 saturated heterocycles. The largest absolute Gasteiger partial charge is 0.412 e. The van der Waals surface area contributed by atoms with E-state index < -0.39 is 0 Å². The van der Waals surface area contributed by atoms with Crippen LogP contribution in [0.25, 0.3) is 0 Å². The highest BCUT2D eigenvalue weighted by atomic mass is 35.7. The molecule has 5 heavy (non-hydrogen) atoms. The Kier molecular flexibility index (Phi) is 83.8. The Morgan fingerprint density at radius 2 is 1.40 bits per heavy atom. The third kappa shape index (κ3) is 95.3. The maximum Gasteiger partial charge on any atom is -0.00307 e. The van der Waals surface area contributed by atoms with Crippen LogP contribution in [-0.2, 0) is 0 Å². The summed E-state index contributed by atoms with van der Waals surface area (Å²) in [4.78, 5) is 0. The van der Waals surface area contributed by atoms with Gasteiger partial charge in [-0.15, -0.1) is 0 Å². The molecule has 4 N–H and O–H groups in total. The van der Waals surface area contributed by atoms with Crippen LogP contribution >= 0.6 is 21.7 Å². The fraction of sp³-hybridized carbons (Fsp3) is 1.00. The summed E-state index contributed by atoms with van der Waals surface area (Å²) in [5.74, 6) is 0. The van der Waals surface area contributed by atoms with Crippen LogP contribution in [0.1, 0.15) is 0 Å². The van der Waals surface area contributed by atoms with E-state index in [1.807, 2.05) is 6.26 Å². The molecule has 0 heterocycles. The highest BCUT2D eigenvalue weighted by Crippen LogP contribution is 1.93. The highest BCUT2D eigenvalue weighted by molar-refractivity contribution is 8.20. The van der Waals surface area contributed by atoms with Gasteiger partial charge in [-0.25, -0.2) is 0 Å². The third-order valence-electron chi connectivity index (χ3n) is 0. The minimum absolute atomic E-state index is 0. The second kappa shape index (κ2) is 23.7. The maximum atomic E-state index is 4.92. The lowest BCUT2D eigenvalue weighted by molar-refractivity contribution is 0.823. The zero-order valence-electron chi connectivity index (χ0n) is 2.79. The minimum Gasteiger partial charge on any atom is -0.412 e. The molecule has 0 fully saturated rings. The summed E-state index contributed by atoms with van der Waals surface area (Å²) >= 11 is 0. The van der Waals surface area contributed by atoms with Gasteiger partial charge in [-0.2, -0.15) is 0 Å². The molecule has 0 aliphatic carbocycles. The molecule has 36 valence electrons. The van der Waals surface area contributed by atoms with Crippen molar-refractivity contribution in [3.63, 3.8) is 0 Å². The Bertz CT molecular complexity index is 9.61. The molecule has 0 aromatic heterocycles. The number of halogens is 1. The molecule has 0 aromatic carbocycles. The van der Waals surface area contributed by atoms with Gasteiger partial charge in [0, 0.05) is 0 Å². The summed E-state index contributed by atoms with van der Waals surface area (Å²) < 4.78 is 0. The van der Waals surface area contributed by atoms with E-state index in [9.17, 15) is 0 Å². The van der Waals surface area contributed by atoms with Crippen molar-refractivity contribution < 1.29 is 11.0 Å². The molecule has 4 heteroatoms.